The van der Waals surface area contributed by atoms with Gasteiger partial charge in [0.05, 0.1) is 7.11 Å². The van der Waals surface area contributed by atoms with E-state index in [9.17, 15) is 0 Å². The predicted octanol–water partition coefficient (Wildman–Crippen LogP) is 3.20. The van der Waals surface area contributed by atoms with E-state index in [0.29, 0.717) is 11.0 Å². The highest BCUT2D eigenvalue weighted by Crippen LogP contribution is 2.25. The summed E-state index contributed by atoms with van der Waals surface area (Å²) in [6.45, 7) is 2.05. The highest BCUT2D eigenvalue weighted by atomic mass is 79.9. The lowest BCUT2D eigenvalue weighted by Gasteiger charge is -2.08. The first kappa shape index (κ1) is 10.8. The van der Waals surface area contributed by atoms with Crippen LogP contribution in [0.2, 0.25) is 5.15 Å². The summed E-state index contributed by atoms with van der Waals surface area (Å²) in [6.07, 6.45) is 0.885. The quantitative estimate of drug-likeness (QED) is 0.618. The topological polar surface area (TPSA) is 22.1 Å². The second kappa shape index (κ2) is 4.82. The van der Waals surface area contributed by atoms with Crippen LogP contribution in [0.3, 0.4) is 0 Å². The van der Waals surface area contributed by atoms with Crippen LogP contribution in [-0.2, 0) is 11.8 Å². The highest BCUT2D eigenvalue weighted by molar-refractivity contribution is 9.08. The lowest BCUT2D eigenvalue weighted by atomic mass is 10.2. The summed E-state index contributed by atoms with van der Waals surface area (Å²) in [5, 5.41) is 1.26. The number of alkyl halides is 1. The molecule has 72 valence electrons. The molecule has 0 fully saturated rings. The standard InChI is InChI=1S/C9H11BrClNO/c1-3-6-4-7(5-10)9(13-2)12-8(6)11/h4H,3,5H2,1-2H3. The number of ether oxygens (including phenoxy) is 1. The summed E-state index contributed by atoms with van der Waals surface area (Å²) < 4.78 is 5.09. The van der Waals surface area contributed by atoms with Gasteiger partial charge in [0.1, 0.15) is 5.15 Å². The van der Waals surface area contributed by atoms with Gasteiger partial charge < -0.3 is 4.74 Å². The van der Waals surface area contributed by atoms with E-state index in [-0.39, 0.29) is 0 Å². The van der Waals surface area contributed by atoms with E-state index in [0.717, 1.165) is 22.9 Å². The van der Waals surface area contributed by atoms with Crippen molar-refractivity contribution in [2.45, 2.75) is 18.7 Å². The van der Waals surface area contributed by atoms with E-state index < -0.39 is 0 Å². The summed E-state index contributed by atoms with van der Waals surface area (Å²) in [5.41, 5.74) is 2.08. The monoisotopic (exact) mass is 263 g/mol. The normalized spacial score (nSPS) is 10.2. The smallest absolute Gasteiger partial charge is 0.218 e. The Morgan fingerprint density at radius 2 is 2.23 bits per heavy atom. The molecule has 0 bridgehead atoms. The SMILES string of the molecule is CCc1cc(CBr)c(OC)nc1Cl. The summed E-state index contributed by atoms with van der Waals surface area (Å²) in [5.74, 6) is 0.596. The lowest BCUT2D eigenvalue weighted by Crippen LogP contribution is -1.96. The van der Waals surface area contributed by atoms with Crippen molar-refractivity contribution in [1.82, 2.24) is 4.98 Å². The fraction of sp³-hybridized carbons (Fsp3) is 0.444. The van der Waals surface area contributed by atoms with Crippen LogP contribution < -0.4 is 4.74 Å². The summed E-state index contributed by atoms with van der Waals surface area (Å²) >= 11 is 9.30. The van der Waals surface area contributed by atoms with Gasteiger partial charge in [-0.05, 0) is 18.1 Å². The Bertz CT molecular complexity index is 304. The number of pyridine rings is 1. The van der Waals surface area contributed by atoms with Crippen LogP contribution in [0, 0.1) is 0 Å². The molecule has 0 amide bonds. The third-order valence-corrected chi connectivity index (χ3v) is 2.74. The lowest BCUT2D eigenvalue weighted by molar-refractivity contribution is 0.394. The van der Waals surface area contributed by atoms with E-state index in [1.54, 1.807) is 7.11 Å². The van der Waals surface area contributed by atoms with Crippen LogP contribution in [0.15, 0.2) is 6.07 Å². The fourth-order valence-electron chi connectivity index (χ4n) is 1.08. The minimum Gasteiger partial charge on any atom is -0.481 e. The Kier molecular flexibility index (Phi) is 4.00. The largest absolute Gasteiger partial charge is 0.481 e. The van der Waals surface area contributed by atoms with Crippen molar-refractivity contribution < 1.29 is 4.74 Å². The van der Waals surface area contributed by atoms with Gasteiger partial charge >= 0.3 is 0 Å². The minimum atomic E-state index is 0.532. The number of halogens is 2. The third-order valence-electron chi connectivity index (χ3n) is 1.81. The molecule has 0 saturated carbocycles. The van der Waals surface area contributed by atoms with Crippen molar-refractivity contribution in [2.24, 2.45) is 0 Å². The van der Waals surface area contributed by atoms with Crippen molar-refractivity contribution in [2.75, 3.05) is 7.11 Å². The molecular formula is C9H11BrClNO. The average molecular weight is 265 g/mol. The van der Waals surface area contributed by atoms with Gasteiger partial charge in [0.25, 0.3) is 0 Å². The van der Waals surface area contributed by atoms with E-state index >= 15 is 0 Å². The first-order valence-corrected chi connectivity index (χ1v) is 5.51. The molecule has 4 heteroatoms. The van der Waals surface area contributed by atoms with Crippen molar-refractivity contribution >= 4 is 27.5 Å². The molecular weight excluding hydrogens is 253 g/mol. The van der Waals surface area contributed by atoms with Gasteiger partial charge in [-0.15, -0.1) is 0 Å². The zero-order valence-corrected chi connectivity index (χ0v) is 9.94. The fourth-order valence-corrected chi connectivity index (χ4v) is 1.75. The molecule has 0 spiro atoms. The number of hydrogen-bond donors (Lipinski definition) is 0. The molecule has 1 rings (SSSR count). The van der Waals surface area contributed by atoms with Gasteiger partial charge in [-0.1, -0.05) is 34.5 Å². The number of aryl methyl sites for hydroxylation is 1. The molecule has 0 radical (unpaired) electrons. The van der Waals surface area contributed by atoms with Crippen molar-refractivity contribution in [1.29, 1.82) is 0 Å². The number of nitrogens with zero attached hydrogens (tertiary/aromatic N) is 1. The van der Waals surface area contributed by atoms with Gasteiger partial charge in [-0.3, -0.25) is 0 Å². The average Bonchev–Trinajstić information content (AvgIpc) is 2.17. The van der Waals surface area contributed by atoms with E-state index in [4.69, 9.17) is 16.3 Å². The molecule has 0 atom stereocenters. The van der Waals surface area contributed by atoms with E-state index in [2.05, 4.69) is 20.9 Å². The first-order valence-electron chi connectivity index (χ1n) is 4.01. The Labute approximate surface area is 91.4 Å². The van der Waals surface area contributed by atoms with E-state index in [1.807, 2.05) is 13.0 Å². The van der Waals surface area contributed by atoms with Gasteiger partial charge in [-0.25, -0.2) is 4.98 Å². The van der Waals surface area contributed by atoms with Gasteiger partial charge in [0.2, 0.25) is 5.88 Å². The van der Waals surface area contributed by atoms with Crippen LogP contribution >= 0.6 is 27.5 Å². The Hall–Kier alpha value is -0.280. The van der Waals surface area contributed by atoms with Crippen molar-refractivity contribution in [3.05, 3.63) is 22.3 Å². The van der Waals surface area contributed by atoms with E-state index in [1.165, 1.54) is 0 Å². The molecule has 0 N–H and O–H groups in total. The number of aromatic nitrogens is 1. The molecule has 0 saturated heterocycles. The zero-order valence-electron chi connectivity index (χ0n) is 7.60. The van der Waals surface area contributed by atoms with Crippen molar-refractivity contribution in [3.8, 4) is 5.88 Å². The van der Waals surface area contributed by atoms with Gasteiger partial charge in [0, 0.05) is 10.9 Å². The maximum absolute atomic E-state index is 5.93. The summed E-state index contributed by atoms with van der Waals surface area (Å²) in [6, 6.07) is 2.02. The van der Waals surface area contributed by atoms with Gasteiger partial charge in [-0.2, -0.15) is 0 Å². The molecule has 13 heavy (non-hydrogen) atoms. The predicted molar refractivity (Wildman–Crippen MR) is 57.8 cm³/mol. The molecule has 0 aliphatic carbocycles. The maximum atomic E-state index is 5.93. The van der Waals surface area contributed by atoms with Gasteiger partial charge in [0.15, 0.2) is 0 Å². The van der Waals surface area contributed by atoms with Crippen LogP contribution in [0.5, 0.6) is 5.88 Å². The molecule has 0 aromatic carbocycles. The first-order chi connectivity index (χ1) is 6.22. The molecule has 0 aliphatic rings. The molecule has 1 heterocycles. The molecule has 0 unspecified atom stereocenters. The zero-order chi connectivity index (χ0) is 9.84. The second-order valence-corrected chi connectivity index (χ2v) is 3.51. The molecule has 1 aromatic rings. The number of methoxy groups -OCH3 is 1. The maximum Gasteiger partial charge on any atom is 0.218 e. The van der Waals surface area contributed by atoms with Crippen molar-refractivity contribution in [3.63, 3.8) is 0 Å². The Morgan fingerprint density at radius 3 is 2.69 bits per heavy atom. The summed E-state index contributed by atoms with van der Waals surface area (Å²) in [7, 11) is 1.59. The number of rotatable bonds is 3. The van der Waals surface area contributed by atoms with Crippen LogP contribution in [-0.4, -0.2) is 12.1 Å². The van der Waals surface area contributed by atoms with Crippen LogP contribution in [0.4, 0.5) is 0 Å². The molecule has 0 aliphatic heterocycles. The highest BCUT2D eigenvalue weighted by Gasteiger charge is 2.08. The molecule has 2 nitrogen and oxygen atoms in total. The Morgan fingerprint density at radius 1 is 1.54 bits per heavy atom. The summed E-state index contributed by atoms with van der Waals surface area (Å²) in [4.78, 5) is 4.15. The van der Waals surface area contributed by atoms with Crippen LogP contribution in [0.1, 0.15) is 18.1 Å². The Balaban J connectivity index is 3.18. The third kappa shape index (κ3) is 2.35. The van der Waals surface area contributed by atoms with Crippen LogP contribution in [0.25, 0.3) is 0 Å². The second-order valence-electron chi connectivity index (χ2n) is 2.59. The molecule has 1 aromatic heterocycles. The number of hydrogen-bond acceptors (Lipinski definition) is 2. The minimum absolute atomic E-state index is 0.532.